The molecule has 0 saturated carbocycles. The molecule has 1 aliphatic rings. The number of aryl methyl sites for hydroxylation is 2. The van der Waals surface area contributed by atoms with Gasteiger partial charge in [-0.15, -0.1) is 0 Å². The summed E-state index contributed by atoms with van der Waals surface area (Å²) >= 11 is 0. The van der Waals surface area contributed by atoms with E-state index in [9.17, 15) is 5.26 Å². The highest BCUT2D eigenvalue weighted by molar-refractivity contribution is 5.92. The standard InChI is InChI=1S/C32H36N6O/c1-22-13-14-25-23(9-5-16-32(2,3)21-33)8-4-11-26(25)29(22)39-30-27(12-7-18-35-30)28-15-19-36-31(38-28)37-24-10-6-17-34-20-24/h4,7-8,11-15,18-19,24,34H,5-6,9-10,16-17,20H2,1-3H3,(H,36,37,38)/t24-/m0/s1. The first-order chi connectivity index (χ1) is 18.9. The quantitative estimate of drug-likeness (QED) is 0.250. The van der Waals surface area contributed by atoms with Crippen LogP contribution < -0.4 is 15.4 Å². The summed E-state index contributed by atoms with van der Waals surface area (Å²) < 4.78 is 6.58. The normalized spacial score (nSPS) is 15.6. The van der Waals surface area contributed by atoms with E-state index in [0.717, 1.165) is 73.2 Å². The summed E-state index contributed by atoms with van der Waals surface area (Å²) in [5.74, 6) is 1.92. The van der Waals surface area contributed by atoms with Gasteiger partial charge >= 0.3 is 0 Å². The number of fused-ring (bicyclic) bond motifs is 1. The number of hydrogen-bond donors (Lipinski definition) is 2. The van der Waals surface area contributed by atoms with Crippen LogP contribution in [0.15, 0.2) is 60.9 Å². The van der Waals surface area contributed by atoms with Gasteiger partial charge in [0.1, 0.15) is 5.75 Å². The highest BCUT2D eigenvalue weighted by atomic mass is 16.5. The summed E-state index contributed by atoms with van der Waals surface area (Å²) in [6.45, 7) is 8.03. The second kappa shape index (κ2) is 11.8. The van der Waals surface area contributed by atoms with Crippen LogP contribution in [-0.4, -0.2) is 34.1 Å². The summed E-state index contributed by atoms with van der Waals surface area (Å²) in [5, 5.41) is 18.5. The number of hydrogen-bond acceptors (Lipinski definition) is 7. The van der Waals surface area contributed by atoms with Crippen LogP contribution in [0.3, 0.4) is 0 Å². The van der Waals surface area contributed by atoms with Gasteiger partial charge in [-0.05, 0) is 94.1 Å². The highest BCUT2D eigenvalue weighted by Crippen LogP contribution is 2.38. The molecule has 2 N–H and O–H groups in total. The monoisotopic (exact) mass is 520 g/mol. The van der Waals surface area contributed by atoms with Gasteiger partial charge in [0.2, 0.25) is 11.8 Å². The van der Waals surface area contributed by atoms with E-state index in [2.05, 4.69) is 63.9 Å². The molecule has 0 unspecified atom stereocenters. The summed E-state index contributed by atoms with van der Waals surface area (Å²) in [4.78, 5) is 13.9. The second-order valence-electron chi connectivity index (χ2n) is 11.0. The number of nitrogens with zero attached hydrogens (tertiary/aromatic N) is 4. The number of benzene rings is 2. The predicted octanol–water partition coefficient (Wildman–Crippen LogP) is 6.83. The molecule has 4 aromatic rings. The third kappa shape index (κ3) is 6.35. The van der Waals surface area contributed by atoms with Crippen LogP contribution in [0.4, 0.5) is 5.95 Å². The van der Waals surface area contributed by atoms with Gasteiger partial charge in [-0.2, -0.15) is 5.26 Å². The number of nitriles is 1. The number of piperidine rings is 1. The van der Waals surface area contributed by atoms with E-state index in [0.29, 0.717) is 17.9 Å². The van der Waals surface area contributed by atoms with Crippen LogP contribution in [0.2, 0.25) is 0 Å². The van der Waals surface area contributed by atoms with Crippen LogP contribution in [-0.2, 0) is 6.42 Å². The Morgan fingerprint density at radius 3 is 2.79 bits per heavy atom. The minimum atomic E-state index is -0.311. The van der Waals surface area contributed by atoms with Crippen LogP contribution >= 0.6 is 0 Å². The Bertz CT molecular complexity index is 1490. The Hall–Kier alpha value is -4.02. The fourth-order valence-corrected chi connectivity index (χ4v) is 5.13. The van der Waals surface area contributed by atoms with Crippen LogP contribution in [0.1, 0.15) is 50.7 Å². The van der Waals surface area contributed by atoms with Crippen molar-refractivity contribution in [1.29, 1.82) is 5.26 Å². The number of ether oxygens (including phenoxy) is 1. The molecule has 200 valence electrons. The molecule has 0 spiro atoms. The van der Waals surface area contributed by atoms with E-state index < -0.39 is 0 Å². The van der Waals surface area contributed by atoms with E-state index >= 15 is 0 Å². The lowest BCUT2D eigenvalue weighted by molar-refractivity contribution is 0.435. The smallest absolute Gasteiger partial charge is 0.228 e. The van der Waals surface area contributed by atoms with Crippen molar-refractivity contribution in [3.05, 3.63) is 72.1 Å². The van der Waals surface area contributed by atoms with Crippen molar-refractivity contribution in [2.45, 2.75) is 58.9 Å². The Labute approximate surface area is 230 Å². The molecule has 1 fully saturated rings. The molecule has 2 aromatic carbocycles. The van der Waals surface area contributed by atoms with Gasteiger partial charge in [0.15, 0.2) is 0 Å². The van der Waals surface area contributed by atoms with E-state index in [1.165, 1.54) is 10.9 Å². The van der Waals surface area contributed by atoms with Crippen molar-refractivity contribution in [3.8, 4) is 29.0 Å². The van der Waals surface area contributed by atoms with E-state index in [4.69, 9.17) is 9.72 Å². The number of rotatable bonds is 9. The summed E-state index contributed by atoms with van der Waals surface area (Å²) in [6.07, 6.45) is 8.49. The molecule has 3 heterocycles. The number of anilines is 1. The topological polar surface area (TPSA) is 95.8 Å². The van der Waals surface area contributed by atoms with Gasteiger partial charge in [-0.1, -0.05) is 30.3 Å². The van der Waals surface area contributed by atoms with Crippen molar-refractivity contribution in [2.75, 3.05) is 18.4 Å². The molecule has 1 atom stereocenters. The van der Waals surface area contributed by atoms with Gasteiger partial charge in [-0.3, -0.25) is 0 Å². The van der Waals surface area contributed by atoms with E-state index in [1.807, 2.05) is 32.0 Å². The van der Waals surface area contributed by atoms with Crippen molar-refractivity contribution < 1.29 is 4.74 Å². The van der Waals surface area contributed by atoms with Crippen molar-refractivity contribution >= 4 is 16.7 Å². The molecule has 2 aromatic heterocycles. The first kappa shape index (κ1) is 26.6. The minimum absolute atomic E-state index is 0.311. The number of pyridine rings is 1. The van der Waals surface area contributed by atoms with Crippen molar-refractivity contribution in [3.63, 3.8) is 0 Å². The molecule has 7 heteroatoms. The Morgan fingerprint density at radius 2 is 1.97 bits per heavy atom. The number of aromatic nitrogens is 3. The molecule has 0 amide bonds. The fourth-order valence-electron chi connectivity index (χ4n) is 5.13. The molecular formula is C32H36N6O. The van der Waals surface area contributed by atoms with E-state index in [1.54, 1.807) is 12.4 Å². The summed E-state index contributed by atoms with van der Waals surface area (Å²) in [7, 11) is 0. The maximum atomic E-state index is 9.38. The third-order valence-corrected chi connectivity index (χ3v) is 7.38. The fraction of sp³-hybridized carbons (Fsp3) is 0.375. The van der Waals surface area contributed by atoms with Crippen LogP contribution in [0, 0.1) is 23.7 Å². The minimum Gasteiger partial charge on any atom is -0.437 e. The molecule has 0 bridgehead atoms. The molecule has 1 saturated heterocycles. The molecule has 1 aliphatic heterocycles. The van der Waals surface area contributed by atoms with Gasteiger partial charge in [0.05, 0.1) is 22.7 Å². The Kier molecular flexibility index (Phi) is 8.04. The third-order valence-electron chi connectivity index (χ3n) is 7.38. The van der Waals surface area contributed by atoms with Crippen LogP contribution in [0.5, 0.6) is 11.6 Å². The average molecular weight is 521 g/mol. The van der Waals surface area contributed by atoms with Gasteiger partial charge < -0.3 is 15.4 Å². The molecule has 39 heavy (non-hydrogen) atoms. The van der Waals surface area contributed by atoms with Crippen LogP contribution in [0.25, 0.3) is 22.0 Å². The second-order valence-corrected chi connectivity index (χ2v) is 11.0. The molecular weight excluding hydrogens is 484 g/mol. The van der Waals surface area contributed by atoms with E-state index in [-0.39, 0.29) is 5.41 Å². The summed E-state index contributed by atoms with van der Waals surface area (Å²) in [5.41, 5.74) is 3.57. The largest absolute Gasteiger partial charge is 0.437 e. The summed E-state index contributed by atoms with van der Waals surface area (Å²) in [6, 6.07) is 19.1. The lowest BCUT2D eigenvalue weighted by atomic mass is 9.87. The zero-order valence-corrected chi connectivity index (χ0v) is 23.0. The zero-order valence-electron chi connectivity index (χ0n) is 23.0. The van der Waals surface area contributed by atoms with Crippen molar-refractivity contribution in [2.24, 2.45) is 5.41 Å². The first-order valence-corrected chi connectivity index (χ1v) is 13.8. The SMILES string of the molecule is Cc1ccc2c(CCCC(C)(C)C#N)cccc2c1Oc1ncccc1-c1ccnc(N[C@H]2CCCNC2)n1. The number of nitrogens with one attached hydrogen (secondary N) is 2. The molecule has 5 rings (SSSR count). The lowest BCUT2D eigenvalue weighted by Crippen LogP contribution is -2.38. The maximum absolute atomic E-state index is 9.38. The van der Waals surface area contributed by atoms with Gasteiger partial charge in [-0.25, -0.2) is 15.0 Å². The predicted molar refractivity (Wildman–Crippen MR) is 156 cm³/mol. The average Bonchev–Trinajstić information content (AvgIpc) is 2.95. The molecule has 7 nitrogen and oxygen atoms in total. The molecule has 0 radical (unpaired) electrons. The first-order valence-electron chi connectivity index (χ1n) is 13.8. The molecule has 0 aliphatic carbocycles. The van der Waals surface area contributed by atoms with Crippen molar-refractivity contribution in [1.82, 2.24) is 20.3 Å². The Morgan fingerprint density at radius 1 is 1.08 bits per heavy atom. The lowest BCUT2D eigenvalue weighted by Gasteiger charge is -2.23. The van der Waals surface area contributed by atoms with Gasteiger partial charge in [0.25, 0.3) is 0 Å². The zero-order chi connectivity index (χ0) is 27.2. The highest BCUT2D eigenvalue weighted by Gasteiger charge is 2.19. The van der Waals surface area contributed by atoms with Gasteiger partial charge in [0, 0.05) is 30.4 Å². The Balaban J connectivity index is 1.43. The maximum Gasteiger partial charge on any atom is 0.228 e.